The predicted octanol–water partition coefficient (Wildman–Crippen LogP) is 5.33. The molecule has 0 aliphatic heterocycles. The predicted molar refractivity (Wildman–Crippen MR) is 127 cm³/mol. The van der Waals surface area contributed by atoms with E-state index in [4.69, 9.17) is 9.47 Å². The molecule has 8 heteroatoms. The first-order valence-electron chi connectivity index (χ1n) is 10.4. The second-order valence-corrected chi connectivity index (χ2v) is 7.44. The van der Waals surface area contributed by atoms with E-state index in [-0.39, 0.29) is 23.7 Å². The van der Waals surface area contributed by atoms with E-state index in [1.807, 2.05) is 48.5 Å². The van der Waals surface area contributed by atoms with Gasteiger partial charge in [-0.2, -0.15) is 0 Å². The Bertz CT molecular complexity index is 1310. The zero-order valence-corrected chi connectivity index (χ0v) is 18.3. The van der Waals surface area contributed by atoms with E-state index in [0.29, 0.717) is 12.2 Å². The number of anilines is 1. The van der Waals surface area contributed by atoms with Gasteiger partial charge in [0.1, 0.15) is 11.5 Å². The minimum absolute atomic E-state index is 0.121. The van der Waals surface area contributed by atoms with Gasteiger partial charge in [0.25, 0.3) is 5.69 Å². The summed E-state index contributed by atoms with van der Waals surface area (Å²) in [5.74, 6) is 0.862. The van der Waals surface area contributed by atoms with Crippen LogP contribution in [-0.4, -0.2) is 30.0 Å². The van der Waals surface area contributed by atoms with Crippen LogP contribution in [0.3, 0.4) is 0 Å². The highest BCUT2D eigenvalue weighted by Gasteiger charge is 2.17. The van der Waals surface area contributed by atoms with Gasteiger partial charge in [-0.25, -0.2) is 0 Å². The van der Waals surface area contributed by atoms with E-state index in [2.05, 4.69) is 10.3 Å². The number of methoxy groups -OCH3 is 2. The van der Waals surface area contributed by atoms with Gasteiger partial charge >= 0.3 is 0 Å². The van der Waals surface area contributed by atoms with E-state index in [9.17, 15) is 14.9 Å². The van der Waals surface area contributed by atoms with Gasteiger partial charge in [0, 0.05) is 35.2 Å². The topological polar surface area (TPSA) is 106 Å². The fourth-order valence-electron chi connectivity index (χ4n) is 3.82. The first-order valence-corrected chi connectivity index (χ1v) is 10.4. The Morgan fingerprint density at radius 3 is 2.48 bits per heavy atom. The van der Waals surface area contributed by atoms with E-state index in [1.54, 1.807) is 7.11 Å². The molecule has 1 amide bonds. The molecule has 0 saturated heterocycles. The molecule has 0 fully saturated rings. The average molecular weight is 445 g/mol. The summed E-state index contributed by atoms with van der Waals surface area (Å²) < 4.78 is 10.5. The van der Waals surface area contributed by atoms with E-state index >= 15 is 0 Å². The number of aromatic nitrogens is 1. The molecule has 0 spiro atoms. The van der Waals surface area contributed by atoms with E-state index < -0.39 is 4.92 Å². The van der Waals surface area contributed by atoms with Crippen molar-refractivity contribution in [2.75, 3.05) is 19.5 Å². The van der Waals surface area contributed by atoms with Crippen molar-refractivity contribution in [2.45, 2.75) is 12.8 Å². The number of ether oxygens (including phenoxy) is 2. The Kier molecular flexibility index (Phi) is 6.26. The molecular formula is C25H23N3O5. The average Bonchev–Trinajstić information content (AvgIpc) is 3.21. The van der Waals surface area contributed by atoms with Gasteiger partial charge in [-0.15, -0.1) is 0 Å². The van der Waals surface area contributed by atoms with E-state index in [0.717, 1.165) is 33.5 Å². The molecule has 0 unspecified atom stereocenters. The molecule has 1 heterocycles. The van der Waals surface area contributed by atoms with Crippen LogP contribution < -0.4 is 14.8 Å². The zero-order chi connectivity index (χ0) is 23.4. The van der Waals surface area contributed by atoms with Gasteiger partial charge < -0.3 is 19.8 Å². The van der Waals surface area contributed by atoms with Gasteiger partial charge in [0.05, 0.1) is 24.8 Å². The highest BCUT2D eigenvalue weighted by molar-refractivity contribution is 5.95. The van der Waals surface area contributed by atoms with Crippen LogP contribution >= 0.6 is 0 Å². The maximum Gasteiger partial charge on any atom is 0.271 e. The van der Waals surface area contributed by atoms with Gasteiger partial charge in [-0.05, 0) is 53.9 Å². The lowest BCUT2D eigenvalue weighted by atomic mass is 10.0. The summed E-state index contributed by atoms with van der Waals surface area (Å²) >= 11 is 0. The van der Waals surface area contributed by atoms with Gasteiger partial charge in [0.15, 0.2) is 0 Å². The van der Waals surface area contributed by atoms with Crippen molar-refractivity contribution in [1.82, 2.24) is 4.98 Å². The number of H-pyrrole nitrogens is 1. The Balaban J connectivity index is 1.59. The summed E-state index contributed by atoms with van der Waals surface area (Å²) in [5, 5.41) is 14.9. The smallest absolute Gasteiger partial charge is 0.271 e. The van der Waals surface area contributed by atoms with Crippen molar-refractivity contribution in [3.63, 3.8) is 0 Å². The molecule has 0 bridgehead atoms. The number of carbonyl (C=O) groups is 1. The number of non-ortho nitro benzene ring substituents is 1. The van der Waals surface area contributed by atoms with Crippen molar-refractivity contribution >= 4 is 28.2 Å². The van der Waals surface area contributed by atoms with Crippen LogP contribution in [0, 0.1) is 10.1 Å². The summed E-state index contributed by atoms with van der Waals surface area (Å²) in [6.07, 6.45) is 0.672. The van der Waals surface area contributed by atoms with Gasteiger partial charge in [0.2, 0.25) is 5.91 Å². The lowest BCUT2D eigenvalue weighted by molar-refractivity contribution is -0.384. The number of nitrogens with zero attached hydrogens (tertiary/aromatic N) is 1. The number of fused-ring (bicyclic) bond motifs is 1. The van der Waals surface area contributed by atoms with Crippen LogP contribution in [0.1, 0.15) is 12.0 Å². The summed E-state index contributed by atoms with van der Waals surface area (Å²) in [4.78, 5) is 26.8. The minimum Gasteiger partial charge on any atom is -0.497 e. The molecule has 0 radical (unpaired) electrons. The zero-order valence-electron chi connectivity index (χ0n) is 18.3. The van der Waals surface area contributed by atoms with E-state index in [1.165, 1.54) is 25.3 Å². The molecule has 2 N–H and O–H groups in total. The minimum atomic E-state index is -0.512. The fraction of sp³-hybridized carbons (Fsp3) is 0.160. The number of rotatable bonds is 8. The number of amides is 1. The van der Waals surface area contributed by atoms with Crippen LogP contribution in [-0.2, 0) is 11.2 Å². The van der Waals surface area contributed by atoms with Crippen molar-refractivity contribution in [3.8, 4) is 22.8 Å². The number of para-hydroxylation sites is 1. The number of hydrogen-bond acceptors (Lipinski definition) is 5. The number of aromatic amines is 1. The highest BCUT2D eigenvalue weighted by Crippen LogP contribution is 2.33. The molecule has 0 aliphatic rings. The molecule has 0 saturated carbocycles. The number of aryl methyl sites for hydroxylation is 1. The lowest BCUT2D eigenvalue weighted by Crippen LogP contribution is -2.13. The monoisotopic (exact) mass is 445 g/mol. The molecule has 4 rings (SSSR count). The number of hydrogen-bond donors (Lipinski definition) is 2. The van der Waals surface area contributed by atoms with Gasteiger partial charge in [-0.1, -0.05) is 18.2 Å². The molecular weight excluding hydrogens is 422 g/mol. The standard InChI is InChI=1S/C25H23N3O5/c1-32-18-10-7-16(8-11-18)25-20(19-5-3-4-6-21(19)27-25)12-14-24(29)26-22-15-17(28(30)31)9-13-23(22)33-2/h3-11,13,15,27H,12,14H2,1-2H3,(H,26,29). The third-order valence-electron chi connectivity index (χ3n) is 5.46. The lowest BCUT2D eigenvalue weighted by Gasteiger charge is -2.11. The molecule has 33 heavy (non-hydrogen) atoms. The van der Waals surface area contributed by atoms with Crippen LogP contribution in [0.5, 0.6) is 11.5 Å². The van der Waals surface area contributed by atoms with Crippen LogP contribution in [0.25, 0.3) is 22.2 Å². The van der Waals surface area contributed by atoms with Crippen molar-refractivity contribution in [3.05, 3.63) is 82.4 Å². The Morgan fingerprint density at radius 2 is 1.79 bits per heavy atom. The summed E-state index contributed by atoms with van der Waals surface area (Å²) in [6, 6.07) is 19.8. The normalized spacial score (nSPS) is 10.7. The van der Waals surface area contributed by atoms with Crippen molar-refractivity contribution < 1.29 is 19.2 Å². The second kappa shape index (κ2) is 9.44. The Hall–Kier alpha value is -4.33. The van der Waals surface area contributed by atoms with Crippen molar-refractivity contribution in [2.24, 2.45) is 0 Å². The third kappa shape index (κ3) is 4.64. The van der Waals surface area contributed by atoms with Crippen molar-refractivity contribution in [1.29, 1.82) is 0 Å². The molecule has 0 atom stereocenters. The van der Waals surface area contributed by atoms with Crippen LogP contribution in [0.4, 0.5) is 11.4 Å². The molecule has 1 aromatic heterocycles. The fourth-order valence-corrected chi connectivity index (χ4v) is 3.82. The van der Waals surface area contributed by atoms with Crippen LogP contribution in [0.2, 0.25) is 0 Å². The first-order chi connectivity index (χ1) is 16.0. The number of nitro groups is 1. The molecule has 0 aliphatic carbocycles. The van der Waals surface area contributed by atoms with Crippen LogP contribution in [0.15, 0.2) is 66.7 Å². The Morgan fingerprint density at radius 1 is 1.03 bits per heavy atom. The third-order valence-corrected chi connectivity index (χ3v) is 5.46. The maximum atomic E-state index is 12.8. The quantitative estimate of drug-likeness (QED) is 0.282. The summed E-state index contributed by atoms with van der Waals surface area (Å²) in [5.41, 5.74) is 4.09. The summed E-state index contributed by atoms with van der Waals surface area (Å²) in [6.45, 7) is 0. The van der Waals surface area contributed by atoms with Gasteiger partial charge in [-0.3, -0.25) is 14.9 Å². The number of benzene rings is 3. The maximum absolute atomic E-state index is 12.8. The number of nitro benzene ring substituents is 1. The molecule has 3 aromatic carbocycles. The first kappa shape index (κ1) is 21.9. The highest BCUT2D eigenvalue weighted by atomic mass is 16.6. The molecule has 8 nitrogen and oxygen atoms in total. The summed E-state index contributed by atoms with van der Waals surface area (Å²) in [7, 11) is 3.07. The molecule has 4 aromatic rings. The SMILES string of the molecule is COc1ccc(-c2[nH]c3ccccc3c2CCC(=O)Nc2cc([N+](=O)[O-])ccc2OC)cc1. The Labute approximate surface area is 190 Å². The largest absolute Gasteiger partial charge is 0.497 e. The second-order valence-electron chi connectivity index (χ2n) is 7.44. The molecule has 168 valence electrons. The number of carbonyl (C=O) groups excluding carboxylic acids is 1. The number of nitrogens with one attached hydrogen (secondary N) is 2.